The lowest BCUT2D eigenvalue weighted by atomic mass is 10.2. The van der Waals surface area contributed by atoms with E-state index in [4.69, 9.17) is 26.8 Å². The van der Waals surface area contributed by atoms with Gasteiger partial charge in [0.05, 0.1) is 17.3 Å². The Hall–Kier alpha value is -1.71. The van der Waals surface area contributed by atoms with E-state index in [9.17, 15) is 0 Å². The summed E-state index contributed by atoms with van der Waals surface area (Å²) in [5.41, 5.74) is 8.30. The second-order valence-corrected chi connectivity index (χ2v) is 4.73. The molecule has 100 valence electrons. The molecule has 0 aliphatic carbocycles. The second-order valence-electron chi connectivity index (χ2n) is 4.32. The number of nitrogens with two attached hydrogens (primary N) is 1. The van der Waals surface area contributed by atoms with Crippen LogP contribution in [-0.2, 0) is 11.3 Å². The zero-order chi connectivity index (χ0) is 13.8. The Labute approximate surface area is 117 Å². The van der Waals surface area contributed by atoms with Crippen LogP contribution in [0.1, 0.15) is 11.1 Å². The first-order valence-corrected chi connectivity index (χ1v) is 6.29. The number of nitrogen functional groups attached to an aromatic ring is 1. The molecule has 2 N–H and O–H groups in total. The summed E-state index contributed by atoms with van der Waals surface area (Å²) in [7, 11) is 1.66. The third kappa shape index (κ3) is 3.40. The molecule has 0 saturated carbocycles. The second kappa shape index (κ2) is 5.95. The minimum Gasteiger partial charge on any atom is -0.457 e. The fourth-order valence-electron chi connectivity index (χ4n) is 1.79. The first-order chi connectivity index (χ1) is 9.10. The van der Waals surface area contributed by atoms with Crippen LogP contribution < -0.4 is 10.5 Å². The number of rotatable bonds is 4. The minimum atomic E-state index is 0.494. The zero-order valence-electron chi connectivity index (χ0n) is 10.9. The smallest absolute Gasteiger partial charge is 0.131 e. The molecule has 0 radical (unpaired) electrons. The summed E-state index contributed by atoms with van der Waals surface area (Å²) in [5, 5.41) is 0.494. The summed E-state index contributed by atoms with van der Waals surface area (Å²) in [5.74, 6) is 1.45. The van der Waals surface area contributed by atoms with Crippen LogP contribution in [0.2, 0.25) is 5.02 Å². The Balaban J connectivity index is 2.25. The Kier molecular flexibility index (Phi) is 4.30. The van der Waals surface area contributed by atoms with Crippen molar-refractivity contribution in [2.45, 2.75) is 13.5 Å². The molecule has 0 aliphatic heterocycles. The first kappa shape index (κ1) is 13.7. The van der Waals surface area contributed by atoms with Crippen molar-refractivity contribution < 1.29 is 9.47 Å². The average Bonchev–Trinajstić information content (AvgIpc) is 2.37. The summed E-state index contributed by atoms with van der Waals surface area (Å²) in [6.07, 6.45) is 0. The molecule has 2 aromatic rings. The van der Waals surface area contributed by atoms with Crippen molar-refractivity contribution in [3.8, 4) is 11.5 Å². The molecule has 0 aromatic heterocycles. The highest BCUT2D eigenvalue weighted by atomic mass is 35.5. The Morgan fingerprint density at radius 1 is 1.21 bits per heavy atom. The van der Waals surface area contributed by atoms with Gasteiger partial charge < -0.3 is 15.2 Å². The molecule has 2 aromatic carbocycles. The largest absolute Gasteiger partial charge is 0.457 e. The van der Waals surface area contributed by atoms with Gasteiger partial charge in [-0.25, -0.2) is 0 Å². The van der Waals surface area contributed by atoms with Gasteiger partial charge in [0, 0.05) is 13.2 Å². The van der Waals surface area contributed by atoms with E-state index in [1.54, 1.807) is 19.2 Å². The maximum Gasteiger partial charge on any atom is 0.131 e. The molecule has 0 heterocycles. The highest BCUT2D eigenvalue weighted by Gasteiger charge is 2.06. The van der Waals surface area contributed by atoms with E-state index in [-0.39, 0.29) is 0 Å². The SMILES string of the molecule is COCc1cccc(Oc2cc(Cl)c(N)cc2C)c1. The fourth-order valence-corrected chi connectivity index (χ4v) is 1.94. The molecule has 0 amide bonds. The van der Waals surface area contributed by atoms with Crippen LogP contribution >= 0.6 is 11.6 Å². The quantitative estimate of drug-likeness (QED) is 0.853. The van der Waals surface area contributed by atoms with Crippen LogP contribution in [0.25, 0.3) is 0 Å². The number of methoxy groups -OCH3 is 1. The van der Waals surface area contributed by atoms with Gasteiger partial charge >= 0.3 is 0 Å². The third-order valence-electron chi connectivity index (χ3n) is 2.73. The van der Waals surface area contributed by atoms with Crippen molar-refractivity contribution in [1.82, 2.24) is 0 Å². The maximum atomic E-state index is 6.01. The number of aryl methyl sites for hydroxylation is 1. The van der Waals surface area contributed by atoms with Crippen LogP contribution in [0.15, 0.2) is 36.4 Å². The van der Waals surface area contributed by atoms with Crippen molar-refractivity contribution in [2.75, 3.05) is 12.8 Å². The Morgan fingerprint density at radius 3 is 2.74 bits per heavy atom. The monoisotopic (exact) mass is 277 g/mol. The molecule has 0 atom stereocenters. The molecule has 19 heavy (non-hydrogen) atoms. The molecule has 0 fully saturated rings. The maximum absolute atomic E-state index is 6.01. The van der Waals surface area contributed by atoms with E-state index in [0.717, 1.165) is 16.9 Å². The van der Waals surface area contributed by atoms with Crippen molar-refractivity contribution in [1.29, 1.82) is 0 Å². The summed E-state index contributed by atoms with van der Waals surface area (Å²) < 4.78 is 10.9. The summed E-state index contributed by atoms with van der Waals surface area (Å²) in [6.45, 7) is 2.49. The summed E-state index contributed by atoms with van der Waals surface area (Å²) in [4.78, 5) is 0. The van der Waals surface area contributed by atoms with Crippen molar-refractivity contribution >= 4 is 17.3 Å². The fraction of sp³-hybridized carbons (Fsp3) is 0.200. The number of benzene rings is 2. The highest BCUT2D eigenvalue weighted by Crippen LogP contribution is 2.32. The van der Waals surface area contributed by atoms with Gasteiger partial charge in [0.15, 0.2) is 0 Å². The van der Waals surface area contributed by atoms with E-state index in [1.807, 2.05) is 31.2 Å². The molecule has 0 unspecified atom stereocenters. The van der Waals surface area contributed by atoms with Crippen molar-refractivity contribution in [3.05, 3.63) is 52.5 Å². The van der Waals surface area contributed by atoms with Gasteiger partial charge in [-0.15, -0.1) is 0 Å². The molecule has 0 aliphatic rings. The van der Waals surface area contributed by atoms with Gasteiger partial charge in [-0.1, -0.05) is 23.7 Å². The van der Waals surface area contributed by atoms with Crippen LogP contribution in [-0.4, -0.2) is 7.11 Å². The van der Waals surface area contributed by atoms with Gasteiger partial charge in [-0.05, 0) is 36.2 Å². The highest BCUT2D eigenvalue weighted by molar-refractivity contribution is 6.33. The molecule has 0 saturated heterocycles. The van der Waals surface area contributed by atoms with Crippen LogP contribution in [0.3, 0.4) is 0 Å². The van der Waals surface area contributed by atoms with Crippen molar-refractivity contribution in [3.63, 3.8) is 0 Å². The third-order valence-corrected chi connectivity index (χ3v) is 3.06. The van der Waals surface area contributed by atoms with Gasteiger partial charge in [-0.2, -0.15) is 0 Å². The average molecular weight is 278 g/mol. The number of hydrogen-bond donors (Lipinski definition) is 1. The molecular weight excluding hydrogens is 262 g/mol. The van der Waals surface area contributed by atoms with Gasteiger partial charge in [0.25, 0.3) is 0 Å². The molecule has 4 heteroatoms. The van der Waals surface area contributed by atoms with E-state index in [2.05, 4.69) is 0 Å². The van der Waals surface area contributed by atoms with Gasteiger partial charge in [0.2, 0.25) is 0 Å². The van der Waals surface area contributed by atoms with Gasteiger partial charge in [0.1, 0.15) is 11.5 Å². The summed E-state index contributed by atoms with van der Waals surface area (Å²) >= 11 is 6.01. The molecule has 0 bridgehead atoms. The van der Waals surface area contributed by atoms with Crippen LogP contribution in [0.4, 0.5) is 5.69 Å². The zero-order valence-corrected chi connectivity index (χ0v) is 11.7. The standard InChI is InChI=1S/C15H16ClNO2/c1-10-6-14(17)13(16)8-15(10)19-12-5-3-4-11(7-12)9-18-2/h3-8H,9,17H2,1-2H3. The Morgan fingerprint density at radius 2 is 2.00 bits per heavy atom. The molecule has 3 nitrogen and oxygen atoms in total. The number of halogens is 1. The predicted octanol–water partition coefficient (Wildman–Crippen LogP) is 4.17. The molecule has 2 rings (SSSR count). The van der Waals surface area contributed by atoms with Crippen LogP contribution in [0, 0.1) is 6.92 Å². The number of anilines is 1. The molecule has 0 spiro atoms. The van der Waals surface area contributed by atoms with E-state index < -0.39 is 0 Å². The first-order valence-electron chi connectivity index (χ1n) is 5.91. The lowest BCUT2D eigenvalue weighted by Gasteiger charge is -2.11. The van der Waals surface area contributed by atoms with Crippen LogP contribution in [0.5, 0.6) is 11.5 Å². The van der Waals surface area contributed by atoms with Gasteiger partial charge in [-0.3, -0.25) is 0 Å². The van der Waals surface area contributed by atoms with E-state index >= 15 is 0 Å². The van der Waals surface area contributed by atoms with E-state index in [0.29, 0.717) is 23.1 Å². The summed E-state index contributed by atoms with van der Waals surface area (Å²) in [6, 6.07) is 11.3. The number of ether oxygens (including phenoxy) is 2. The van der Waals surface area contributed by atoms with E-state index in [1.165, 1.54) is 0 Å². The topological polar surface area (TPSA) is 44.5 Å². The van der Waals surface area contributed by atoms with Crippen molar-refractivity contribution in [2.24, 2.45) is 0 Å². The molecular formula is C15H16ClNO2. The predicted molar refractivity (Wildman–Crippen MR) is 77.8 cm³/mol. The lowest BCUT2D eigenvalue weighted by molar-refractivity contribution is 0.184. The minimum absolute atomic E-state index is 0.494. The number of hydrogen-bond acceptors (Lipinski definition) is 3. The Bertz CT molecular complexity index is 584. The normalized spacial score (nSPS) is 10.5. The lowest BCUT2D eigenvalue weighted by Crippen LogP contribution is -1.93.